The van der Waals surface area contributed by atoms with Crippen LogP contribution in [0.4, 0.5) is 5.69 Å². The number of nitrogens with zero attached hydrogens (tertiary/aromatic N) is 2. The van der Waals surface area contributed by atoms with Gasteiger partial charge in [-0.25, -0.2) is 0 Å². The van der Waals surface area contributed by atoms with Crippen LogP contribution in [0.3, 0.4) is 0 Å². The lowest BCUT2D eigenvalue weighted by Gasteiger charge is -2.28. The van der Waals surface area contributed by atoms with E-state index in [1.807, 2.05) is 18.2 Å². The fourth-order valence-electron chi connectivity index (χ4n) is 3.38. The molecule has 4 rings (SSSR count). The summed E-state index contributed by atoms with van der Waals surface area (Å²) < 4.78 is 0. The molecule has 6 nitrogen and oxygen atoms in total. The molecule has 0 bridgehead atoms. The quantitative estimate of drug-likeness (QED) is 0.446. The summed E-state index contributed by atoms with van der Waals surface area (Å²) in [5, 5.41) is 1.73. The Hall–Kier alpha value is -3.10. The molecule has 2 amide bonds. The summed E-state index contributed by atoms with van der Waals surface area (Å²) in [6.07, 6.45) is 3.66. The summed E-state index contributed by atoms with van der Waals surface area (Å²) in [7, 11) is 0. The van der Waals surface area contributed by atoms with Crippen molar-refractivity contribution in [1.29, 1.82) is 0 Å². The molecule has 0 fully saturated rings. The number of carbonyl (C=O) groups excluding carboxylic acids is 2. The van der Waals surface area contributed by atoms with Crippen molar-refractivity contribution < 1.29 is 9.59 Å². The molecule has 0 saturated carbocycles. The van der Waals surface area contributed by atoms with E-state index in [2.05, 4.69) is 29.4 Å². The number of para-hydroxylation sites is 1. The molecular formula is C21H18N4O2S2. The third-order valence-electron chi connectivity index (χ3n) is 4.65. The minimum absolute atomic E-state index is 0.150. The van der Waals surface area contributed by atoms with Gasteiger partial charge in [-0.15, -0.1) is 0 Å². The lowest BCUT2D eigenvalue weighted by molar-refractivity contribution is -0.124. The summed E-state index contributed by atoms with van der Waals surface area (Å²) in [6, 6.07) is 15.2. The maximum Gasteiger partial charge on any atom is 0.280 e. The van der Waals surface area contributed by atoms with Crippen LogP contribution in [0, 0.1) is 0 Å². The zero-order valence-corrected chi connectivity index (χ0v) is 17.2. The number of thioether (sulfide) groups is 1. The van der Waals surface area contributed by atoms with Crippen molar-refractivity contribution in [1.82, 2.24) is 10.4 Å². The van der Waals surface area contributed by atoms with Crippen molar-refractivity contribution in [3.63, 3.8) is 0 Å². The van der Waals surface area contributed by atoms with Crippen molar-refractivity contribution in [3.8, 4) is 0 Å². The number of thiocarbonyl (C=S) groups is 1. The monoisotopic (exact) mass is 422 g/mol. The van der Waals surface area contributed by atoms with Gasteiger partial charge >= 0.3 is 0 Å². The van der Waals surface area contributed by atoms with E-state index in [9.17, 15) is 9.59 Å². The summed E-state index contributed by atoms with van der Waals surface area (Å²) in [5.74, 6) is -0.983. The Morgan fingerprint density at radius 2 is 1.76 bits per heavy atom. The van der Waals surface area contributed by atoms with Gasteiger partial charge in [-0.05, 0) is 49.5 Å². The summed E-state index contributed by atoms with van der Waals surface area (Å²) in [6.45, 7) is 2.88. The molecule has 0 radical (unpaired) electrons. The lowest BCUT2D eigenvalue weighted by atomic mass is 9.94. The molecule has 0 spiro atoms. The lowest BCUT2D eigenvalue weighted by Crippen LogP contribution is -2.53. The Morgan fingerprint density at radius 3 is 2.48 bits per heavy atom. The number of fused-ring (bicyclic) bond motifs is 2. The second-order valence-corrected chi connectivity index (χ2v) is 7.87. The average Bonchev–Trinajstić information content (AvgIpc) is 3.08. The van der Waals surface area contributed by atoms with Crippen molar-refractivity contribution in [2.45, 2.75) is 11.8 Å². The summed E-state index contributed by atoms with van der Waals surface area (Å²) in [4.78, 5) is 29.1. The Morgan fingerprint density at radius 1 is 1.07 bits per heavy atom. The number of imide groups is 1. The van der Waals surface area contributed by atoms with E-state index >= 15 is 0 Å². The minimum Gasteiger partial charge on any atom is -0.375 e. The molecule has 2 aliphatic heterocycles. The van der Waals surface area contributed by atoms with E-state index in [-0.39, 0.29) is 5.11 Å². The predicted molar refractivity (Wildman–Crippen MR) is 119 cm³/mol. The van der Waals surface area contributed by atoms with Crippen LogP contribution in [-0.4, -0.2) is 28.5 Å². The molecule has 2 heterocycles. The summed E-state index contributed by atoms with van der Waals surface area (Å²) >= 11 is 6.47. The van der Waals surface area contributed by atoms with Crippen LogP contribution in [0.25, 0.3) is 5.57 Å². The number of benzene rings is 2. The number of allylic oxidation sites excluding steroid dienone is 2. The van der Waals surface area contributed by atoms with Gasteiger partial charge in [0.25, 0.3) is 11.8 Å². The smallest absolute Gasteiger partial charge is 0.280 e. The van der Waals surface area contributed by atoms with Crippen LogP contribution >= 0.6 is 24.0 Å². The number of nitrogens with one attached hydrogen (secondary N) is 1. The molecule has 2 aromatic carbocycles. The van der Waals surface area contributed by atoms with E-state index in [4.69, 9.17) is 18.0 Å². The van der Waals surface area contributed by atoms with Gasteiger partial charge in [-0.1, -0.05) is 42.1 Å². The SMILES string of the molecule is CCN1C(=CC=C2C(=O)N(NC(N)=S)C(=O)c3ccccc32)Sc2ccccc21. The first-order valence-electron chi connectivity index (χ1n) is 9.02. The van der Waals surface area contributed by atoms with Gasteiger partial charge in [0.15, 0.2) is 5.11 Å². The van der Waals surface area contributed by atoms with Crippen molar-refractivity contribution in [3.05, 3.63) is 76.8 Å². The van der Waals surface area contributed by atoms with Crippen LogP contribution in [-0.2, 0) is 4.79 Å². The second-order valence-electron chi connectivity index (χ2n) is 6.37. The van der Waals surface area contributed by atoms with E-state index in [1.165, 1.54) is 4.90 Å². The highest BCUT2D eigenvalue weighted by Gasteiger charge is 2.35. The third-order valence-corrected chi connectivity index (χ3v) is 5.87. The normalized spacial score (nSPS) is 18.2. The fourth-order valence-corrected chi connectivity index (χ4v) is 4.60. The molecule has 29 heavy (non-hydrogen) atoms. The average molecular weight is 423 g/mol. The van der Waals surface area contributed by atoms with Crippen LogP contribution in [0.1, 0.15) is 22.8 Å². The fraction of sp³-hybridized carbons (Fsp3) is 0.0952. The molecule has 0 unspecified atom stereocenters. The van der Waals surface area contributed by atoms with Gasteiger partial charge in [0.2, 0.25) is 0 Å². The van der Waals surface area contributed by atoms with Crippen LogP contribution in [0.2, 0.25) is 0 Å². The van der Waals surface area contributed by atoms with E-state index in [0.29, 0.717) is 16.7 Å². The number of hydrazine groups is 1. The Balaban J connectivity index is 1.77. The molecule has 8 heteroatoms. The second kappa shape index (κ2) is 7.73. The maximum atomic E-state index is 13.0. The van der Waals surface area contributed by atoms with Crippen LogP contribution in [0.5, 0.6) is 0 Å². The van der Waals surface area contributed by atoms with Gasteiger partial charge in [-0.3, -0.25) is 15.0 Å². The third kappa shape index (κ3) is 3.41. The molecule has 0 aliphatic carbocycles. The number of anilines is 1. The number of nitrogens with two attached hydrogens (primary N) is 1. The van der Waals surface area contributed by atoms with Gasteiger partial charge in [0, 0.05) is 28.1 Å². The first-order valence-corrected chi connectivity index (χ1v) is 10.2. The Labute approximate surface area is 178 Å². The molecule has 0 atom stereocenters. The molecule has 2 aliphatic rings. The molecule has 0 saturated heterocycles. The first kappa shape index (κ1) is 19.2. The van der Waals surface area contributed by atoms with Crippen molar-refractivity contribution in [2.24, 2.45) is 5.73 Å². The number of amides is 2. The van der Waals surface area contributed by atoms with Gasteiger partial charge in [0.1, 0.15) is 0 Å². The van der Waals surface area contributed by atoms with Gasteiger partial charge < -0.3 is 10.6 Å². The van der Waals surface area contributed by atoms with Crippen molar-refractivity contribution in [2.75, 3.05) is 11.4 Å². The van der Waals surface area contributed by atoms with Gasteiger partial charge in [-0.2, -0.15) is 5.01 Å². The predicted octanol–water partition coefficient (Wildman–Crippen LogP) is 3.27. The number of hydrogen-bond acceptors (Lipinski definition) is 5. The van der Waals surface area contributed by atoms with E-state index < -0.39 is 11.8 Å². The zero-order chi connectivity index (χ0) is 20.5. The van der Waals surface area contributed by atoms with E-state index in [0.717, 1.165) is 22.3 Å². The molecule has 146 valence electrons. The van der Waals surface area contributed by atoms with E-state index in [1.54, 1.807) is 42.1 Å². The maximum absolute atomic E-state index is 13.0. The summed E-state index contributed by atoms with van der Waals surface area (Å²) in [5.41, 5.74) is 10.5. The molecule has 0 aromatic heterocycles. The molecule has 2 aromatic rings. The number of rotatable bonds is 3. The Bertz CT molecular complexity index is 1090. The highest BCUT2D eigenvalue weighted by atomic mass is 32.2. The van der Waals surface area contributed by atoms with Crippen LogP contribution < -0.4 is 16.1 Å². The Kier molecular flexibility index (Phi) is 5.12. The standard InChI is InChI=1S/C21H18N4O2S2/c1-2-24-16-9-5-6-10-17(16)29-18(24)12-11-15-13-7-3-4-8-14(13)19(26)25(20(15)27)23-21(22)28/h3-12H,2H2,1H3,(H3,22,23,28). The zero-order valence-electron chi connectivity index (χ0n) is 15.6. The van der Waals surface area contributed by atoms with Crippen molar-refractivity contribution >= 4 is 52.2 Å². The number of hydrogen-bond donors (Lipinski definition) is 2. The molecule has 3 N–H and O–H groups in total. The topological polar surface area (TPSA) is 78.7 Å². The largest absolute Gasteiger partial charge is 0.375 e. The van der Waals surface area contributed by atoms with Crippen LogP contribution in [0.15, 0.2) is 70.6 Å². The highest BCUT2D eigenvalue weighted by molar-refractivity contribution is 8.03. The highest BCUT2D eigenvalue weighted by Crippen LogP contribution is 2.45. The first-order chi connectivity index (χ1) is 14.0. The number of carbonyl (C=O) groups is 2. The minimum atomic E-state index is -0.498. The molecular weight excluding hydrogens is 404 g/mol. The van der Waals surface area contributed by atoms with Gasteiger partial charge in [0.05, 0.1) is 10.7 Å².